The van der Waals surface area contributed by atoms with Crippen LogP contribution in [-0.4, -0.2) is 30.9 Å². The summed E-state index contributed by atoms with van der Waals surface area (Å²) in [4.78, 5) is 22.5. The maximum Gasteiger partial charge on any atom is 0.323 e. The van der Waals surface area contributed by atoms with Crippen LogP contribution in [0.3, 0.4) is 0 Å². The van der Waals surface area contributed by atoms with Crippen molar-refractivity contribution in [1.82, 2.24) is 10.2 Å². The van der Waals surface area contributed by atoms with Crippen LogP contribution in [0, 0.1) is 0 Å². The average molecular weight is 144 g/mol. The van der Waals surface area contributed by atoms with Gasteiger partial charge < -0.3 is 5.32 Å². The zero-order valence-electron chi connectivity index (χ0n) is 6.47. The third-order valence-electron chi connectivity index (χ3n) is 1.20. The summed E-state index contributed by atoms with van der Waals surface area (Å²) in [5.74, 6) is -0.181. The van der Waals surface area contributed by atoms with Gasteiger partial charge in [0.2, 0.25) is 5.91 Å². The summed E-state index contributed by atoms with van der Waals surface area (Å²) in [6, 6.07) is -0.369. The largest absolute Gasteiger partial charge is 0.341 e. The first-order chi connectivity index (χ1) is 4.63. The first kappa shape index (κ1) is 8.94. The highest BCUT2D eigenvalue weighted by Crippen LogP contribution is 1.88. The van der Waals surface area contributed by atoms with Crippen LogP contribution >= 0.6 is 0 Å². The van der Waals surface area contributed by atoms with Gasteiger partial charge in [-0.15, -0.1) is 0 Å². The fraction of sp³-hybridized carbons (Fsp3) is 0.667. The minimum Gasteiger partial charge on any atom is -0.341 e. The van der Waals surface area contributed by atoms with Gasteiger partial charge in [0, 0.05) is 20.5 Å². The van der Waals surface area contributed by atoms with E-state index in [1.807, 2.05) is 0 Å². The SMILES string of the molecule is CCC(=O)N(C)C(=O)NC. The number of carbonyl (C=O) groups excluding carboxylic acids is 2. The highest BCUT2D eigenvalue weighted by Gasteiger charge is 2.11. The average Bonchev–Trinajstić information content (AvgIpc) is 2.00. The smallest absolute Gasteiger partial charge is 0.323 e. The van der Waals surface area contributed by atoms with Crippen molar-refractivity contribution in [2.75, 3.05) is 14.1 Å². The number of amides is 3. The van der Waals surface area contributed by atoms with Crippen LogP contribution in [-0.2, 0) is 4.79 Å². The molecule has 0 aliphatic heterocycles. The molecule has 58 valence electrons. The Bertz CT molecular complexity index is 129. The number of carbonyl (C=O) groups is 2. The van der Waals surface area contributed by atoms with Crippen LogP contribution in [0.2, 0.25) is 0 Å². The standard InChI is InChI=1S/C6H12N2O2/c1-4-5(9)8(3)6(10)7-2/h4H2,1-3H3,(H,7,10). The molecule has 1 N–H and O–H groups in total. The molecule has 0 aromatic heterocycles. The van der Waals surface area contributed by atoms with Crippen molar-refractivity contribution in [3.05, 3.63) is 0 Å². The topological polar surface area (TPSA) is 49.4 Å². The van der Waals surface area contributed by atoms with Crippen molar-refractivity contribution < 1.29 is 9.59 Å². The molecule has 4 nitrogen and oxygen atoms in total. The highest BCUT2D eigenvalue weighted by atomic mass is 16.2. The van der Waals surface area contributed by atoms with E-state index in [-0.39, 0.29) is 11.9 Å². The number of nitrogens with zero attached hydrogens (tertiary/aromatic N) is 1. The molecule has 10 heavy (non-hydrogen) atoms. The van der Waals surface area contributed by atoms with E-state index in [9.17, 15) is 9.59 Å². The summed E-state index contributed by atoms with van der Waals surface area (Å²) in [6.07, 6.45) is 0.351. The molecule has 0 aromatic carbocycles. The molecular weight excluding hydrogens is 132 g/mol. The second-order valence-corrected chi connectivity index (χ2v) is 1.86. The van der Waals surface area contributed by atoms with Gasteiger partial charge in [0.1, 0.15) is 0 Å². The molecule has 0 aliphatic rings. The van der Waals surface area contributed by atoms with Crippen LogP contribution in [0.5, 0.6) is 0 Å². The quantitative estimate of drug-likeness (QED) is 0.571. The summed E-state index contributed by atoms with van der Waals surface area (Å²) in [5, 5.41) is 2.35. The lowest BCUT2D eigenvalue weighted by atomic mass is 10.4. The summed E-state index contributed by atoms with van der Waals surface area (Å²) in [7, 11) is 2.94. The number of hydrogen-bond acceptors (Lipinski definition) is 2. The van der Waals surface area contributed by atoms with E-state index in [4.69, 9.17) is 0 Å². The van der Waals surface area contributed by atoms with Gasteiger partial charge in [0.25, 0.3) is 0 Å². The maximum atomic E-state index is 10.8. The molecule has 0 rings (SSSR count). The lowest BCUT2D eigenvalue weighted by Gasteiger charge is -2.12. The molecule has 0 saturated carbocycles. The number of nitrogens with one attached hydrogen (secondary N) is 1. The van der Waals surface area contributed by atoms with Gasteiger partial charge in [0.05, 0.1) is 0 Å². The van der Waals surface area contributed by atoms with E-state index in [0.29, 0.717) is 6.42 Å². The predicted molar refractivity (Wildman–Crippen MR) is 37.5 cm³/mol. The Balaban J connectivity index is 3.94. The zero-order valence-corrected chi connectivity index (χ0v) is 6.47. The monoisotopic (exact) mass is 144 g/mol. The van der Waals surface area contributed by atoms with E-state index >= 15 is 0 Å². The minimum atomic E-state index is -0.369. The first-order valence-electron chi connectivity index (χ1n) is 3.11. The Hall–Kier alpha value is -1.06. The molecule has 0 unspecified atom stereocenters. The molecule has 0 aliphatic carbocycles. The summed E-state index contributed by atoms with van der Waals surface area (Å²) in [6.45, 7) is 1.71. The lowest BCUT2D eigenvalue weighted by Crippen LogP contribution is -2.38. The van der Waals surface area contributed by atoms with Gasteiger partial charge in [-0.25, -0.2) is 4.79 Å². The number of urea groups is 1. The second kappa shape index (κ2) is 3.87. The molecule has 0 atom stereocenters. The molecule has 0 radical (unpaired) electrons. The van der Waals surface area contributed by atoms with Crippen molar-refractivity contribution in [2.45, 2.75) is 13.3 Å². The maximum absolute atomic E-state index is 10.8. The van der Waals surface area contributed by atoms with Gasteiger partial charge in [-0.3, -0.25) is 9.69 Å². The molecule has 4 heteroatoms. The van der Waals surface area contributed by atoms with Crippen molar-refractivity contribution in [1.29, 1.82) is 0 Å². The molecule has 0 spiro atoms. The first-order valence-corrected chi connectivity index (χ1v) is 3.11. The fourth-order valence-corrected chi connectivity index (χ4v) is 0.518. The van der Waals surface area contributed by atoms with Gasteiger partial charge >= 0.3 is 6.03 Å². The van der Waals surface area contributed by atoms with E-state index in [1.54, 1.807) is 6.92 Å². The lowest BCUT2D eigenvalue weighted by molar-refractivity contribution is -0.126. The van der Waals surface area contributed by atoms with Crippen LogP contribution in [0.15, 0.2) is 0 Å². The van der Waals surface area contributed by atoms with Crippen LogP contribution in [0.1, 0.15) is 13.3 Å². The fourth-order valence-electron chi connectivity index (χ4n) is 0.518. The normalized spacial score (nSPS) is 8.70. The third kappa shape index (κ3) is 2.05. The molecule has 0 bridgehead atoms. The molecule has 0 heterocycles. The van der Waals surface area contributed by atoms with Crippen molar-refractivity contribution in [3.63, 3.8) is 0 Å². The number of rotatable bonds is 1. The molecule has 0 fully saturated rings. The Morgan fingerprint density at radius 1 is 1.50 bits per heavy atom. The molecule has 3 amide bonds. The predicted octanol–water partition coefficient (Wildman–Crippen LogP) is 0.194. The van der Waals surface area contributed by atoms with Crippen molar-refractivity contribution >= 4 is 11.9 Å². The van der Waals surface area contributed by atoms with Crippen LogP contribution < -0.4 is 5.32 Å². The Morgan fingerprint density at radius 2 is 2.00 bits per heavy atom. The van der Waals surface area contributed by atoms with Crippen molar-refractivity contribution in [2.24, 2.45) is 0 Å². The van der Waals surface area contributed by atoms with Gasteiger partial charge in [0.15, 0.2) is 0 Å². The molecular formula is C6H12N2O2. The molecule has 0 aromatic rings. The van der Waals surface area contributed by atoms with Crippen molar-refractivity contribution in [3.8, 4) is 0 Å². The minimum absolute atomic E-state index is 0.181. The van der Waals surface area contributed by atoms with E-state index in [0.717, 1.165) is 4.90 Å². The summed E-state index contributed by atoms with van der Waals surface area (Å²) in [5.41, 5.74) is 0. The van der Waals surface area contributed by atoms with Crippen LogP contribution in [0.4, 0.5) is 4.79 Å². The summed E-state index contributed by atoms with van der Waals surface area (Å²) < 4.78 is 0. The molecule has 0 saturated heterocycles. The Kier molecular flexibility index (Phi) is 3.46. The van der Waals surface area contributed by atoms with E-state index in [1.165, 1.54) is 14.1 Å². The number of hydrogen-bond donors (Lipinski definition) is 1. The Morgan fingerprint density at radius 3 is 2.30 bits per heavy atom. The zero-order chi connectivity index (χ0) is 8.15. The summed E-state index contributed by atoms with van der Waals surface area (Å²) >= 11 is 0. The van der Waals surface area contributed by atoms with E-state index < -0.39 is 0 Å². The number of imide groups is 1. The van der Waals surface area contributed by atoms with Crippen LogP contribution in [0.25, 0.3) is 0 Å². The van der Waals surface area contributed by atoms with Gasteiger partial charge in [-0.2, -0.15) is 0 Å². The second-order valence-electron chi connectivity index (χ2n) is 1.86. The highest BCUT2D eigenvalue weighted by molar-refractivity contribution is 5.93. The van der Waals surface area contributed by atoms with Gasteiger partial charge in [-0.1, -0.05) is 6.92 Å². The third-order valence-corrected chi connectivity index (χ3v) is 1.20. The van der Waals surface area contributed by atoms with Gasteiger partial charge in [-0.05, 0) is 0 Å². The Labute approximate surface area is 60.2 Å². The van der Waals surface area contributed by atoms with E-state index in [2.05, 4.69) is 5.32 Å².